The molecule has 0 aliphatic heterocycles. The highest BCUT2D eigenvalue weighted by atomic mass is 32.1. The average molecular weight is 329 g/mol. The normalized spacial score (nSPS) is 10.9. The van der Waals surface area contributed by atoms with E-state index in [2.05, 4.69) is 31.9 Å². The highest BCUT2D eigenvalue weighted by molar-refractivity contribution is 7.09. The van der Waals surface area contributed by atoms with Crippen LogP contribution in [0.2, 0.25) is 0 Å². The molecule has 1 aromatic carbocycles. The molecule has 3 rings (SSSR count). The molecule has 0 spiro atoms. The molecule has 7 heteroatoms. The number of hydrogen-bond donors (Lipinski definition) is 1. The molecule has 0 bridgehead atoms. The van der Waals surface area contributed by atoms with Crippen molar-refractivity contribution < 1.29 is 4.74 Å². The lowest BCUT2D eigenvalue weighted by Crippen LogP contribution is -2.06. The van der Waals surface area contributed by atoms with Gasteiger partial charge in [-0.3, -0.25) is 0 Å². The zero-order chi connectivity index (χ0) is 16.1. The summed E-state index contributed by atoms with van der Waals surface area (Å²) in [5.41, 5.74) is 3.22. The van der Waals surface area contributed by atoms with Crippen LogP contribution in [0.3, 0.4) is 0 Å². The molecule has 6 nitrogen and oxygen atoms in total. The van der Waals surface area contributed by atoms with Crippen LogP contribution in [0.5, 0.6) is 0 Å². The van der Waals surface area contributed by atoms with Crippen LogP contribution in [-0.2, 0) is 17.7 Å². The Balaban J connectivity index is 1.70. The van der Waals surface area contributed by atoms with Crippen LogP contribution in [0.15, 0.2) is 36.5 Å². The summed E-state index contributed by atoms with van der Waals surface area (Å²) in [6.07, 6.45) is 2.71. The number of ether oxygens (including phenoxy) is 1. The number of hydrogen-bond acceptors (Lipinski definition) is 6. The van der Waals surface area contributed by atoms with E-state index in [9.17, 15) is 0 Å². The summed E-state index contributed by atoms with van der Waals surface area (Å²) in [4.78, 5) is 4.46. The molecule has 2 aromatic heterocycles. The number of aryl methyl sites for hydroxylation is 1. The summed E-state index contributed by atoms with van der Waals surface area (Å²) >= 11 is 1.37. The first-order chi connectivity index (χ1) is 11.3. The Morgan fingerprint density at radius 2 is 2.13 bits per heavy atom. The van der Waals surface area contributed by atoms with E-state index in [1.165, 1.54) is 11.5 Å². The van der Waals surface area contributed by atoms with E-state index in [-0.39, 0.29) is 0 Å². The predicted octanol–water partition coefficient (Wildman–Crippen LogP) is 2.83. The Hall–Kier alpha value is -2.25. The van der Waals surface area contributed by atoms with Crippen molar-refractivity contribution in [2.45, 2.75) is 19.9 Å². The summed E-state index contributed by atoms with van der Waals surface area (Å²) in [5, 5.41) is 8.64. The van der Waals surface area contributed by atoms with Gasteiger partial charge in [0.2, 0.25) is 5.13 Å². The summed E-state index contributed by atoms with van der Waals surface area (Å²) in [6, 6.07) is 10.2. The smallest absolute Gasteiger partial charge is 0.202 e. The van der Waals surface area contributed by atoms with Crippen LogP contribution in [0.1, 0.15) is 17.1 Å². The van der Waals surface area contributed by atoms with E-state index in [1.807, 2.05) is 36.0 Å². The maximum Gasteiger partial charge on any atom is 0.202 e. The molecule has 2 heterocycles. The summed E-state index contributed by atoms with van der Waals surface area (Å²) in [6.45, 7) is 3.30. The molecule has 0 fully saturated rings. The fraction of sp³-hybridized carbons (Fsp3) is 0.312. The van der Waals surface area contributed by atoms with Gasteiger partial charge in [-0.2, -0.15) is 9.47 Å². The quantitative estimate of drug-likeness (QED) is 0.722. The minimum Gasteiger partial charge on any atom is -0.384 e. The van der Waals surface area contributed by atoms with Crippen LogP contribution in [0.4, 0.5) is 5.13 Å². The zero-order valence-corrected chi connectivity index (χ0v) is 14.0. The van der Waals surface area contributed by atoms with Crippen molar-refractivity contribution in [1.82, 2.24) is 19.1 Å². The van der Waals surface area contributed by atoms with E-state index in [4.69, 9.17) is 4.74 Å². The van der Waals surface area contributed by atoms with Gasteiger partial charge in [0.1, 0.15) is 5.82 Å². The first-order valence-corrected chi connectivity index (χ1v) is 8.19. The molecule has 0 aliphatic carbocycles. The molecule has 0 amide bonds. The fourth-order valence-corrected chi connectivity index (χ4v) is 2.83. The number of rotatable bonds is 7. The van der Waals surface area contributed by atoms with E-state index in [0.29, 0.717) is 13.2 Å². The van der Waals surface area contributed by atoms with Gasteiger partial charge in [-0.05, 0) is 24.6 Å². The second-order valence-electron chi connectivity index (χ2n) is 5.14. The van der Waals surface area contributed by atoms with E-state index >= 15 is 0 Å². The van der Waals surface area contributed by atoms with E-state index < -0.39 is 0 Å². The van der Waals surface area contributed by atoms with E-state index in [0.717, 1.165) is 34.3 Å². The molecule has 0 aliphatic rings. The first-order valence-electron chi connectivity index (χ1n) is 7.42. The predicted molar refractivity (Wildman–Crippen MR) is 91.1 cm³/mol. The summed E-state index contributed by atoms with van der Waals surface area (Å²) < 4.78 is 11.3. The van der Waals surface area contributed by atoms with Crippen molar-refractivity contribution in [2.24, 2.45) is 0 Å². The number of nitrogens with one attached hydrogen (secondary N) is 1. The molecular weight excluding hydrogens is 310 g/mol. The lowest BCUT2D eigenvalue weighted by atomic mass is 10.2. The lowest BCUT2D eigenvalue weighted by molar-refractivity contribution is 0.201. The third-order valence-electron chi connectivity index (χ3n) is 3.39. The van der Waals surface area contributed by atoms with Crippen LogP contribution in [0, 0.1) is 6.92 Å². The number of aromatic nitrogens is 4. The highest BCUT2D eigenvalue weighted by Crippen LogP contribution is 2.17. The Morgan fingerprint density at radius 3 is 2.91 bits per heavy atom. The lowest BCUT2D eigenvalue weighted by Gasteiger charge is -2.09. The van der Waals surface area contributed by atoms with Gasteiger partial charge in [-0.25, -0.2) is 9.67 Å². The molecule has 120 valence electrons. The zero-order valence-electron chi connectivity index (χ0n) is 13.2. The monoisotopic (exact) mass is 329 g/mol. The van der Waals surface area contributed by atoms with Gasteiger partial charge in [0.25, 0.3) is 0 Å². The molecule has 0 saturated heterocycles. The van der Waals surface area contributed by atoms with E-state index in [1.54, 1.807) is 7.11 Å². The number of nitrogens with zero attached hydrogens (tertiary/aromatic N) is 4. The number of benzene rings is 1. The average Bonchev–Trinajstić information content (AvgIpc) is 3.20. The van der Waals surface area contributed by atoms with Gasteiger partial charge in [-0.1, -0.05) is 18.2 Å². The Labute approximate surface area is 139 Å². The Morgan fingerprint density at radius 1 is 1.26 bits per heavy atom. The SMILES string of the molecule is COCCc1nsc(NCc2ccccc2-n2ccc(C)n2)n1. The van der Waals surface area contributed by atoms with Crippen molar-refractivity contribution >= 4 is 16.7 Å². The van der Waals surface area contributed by atoms with Crippen molar-refractivity contribution in [3.8, 4) is 5.69 Å². The summed E-state index contributed by atoms with van der Waals surface area (Å²) in [5.74, 6) is 0.815. The third kappa shape index (κ3) is 3.94. The molecule has 0 atom stereocenters. The topological polar surface area (TPSA) is 64.9 Å². The molecule has 3 aromatic rings. The standard InChI is InChI=1S/C16H19N5OS/c1-12-7-9-21(19-12)14-6-4-3-5-13(14)11-17-16-18-15(20-23-16)8-10-22-2/h3-7,9H,8,10-11H2,1-2H3,(H,17,18,20). The van der Waals surface area contributed by atoms with Gasteiger partial charge in [-0.15, -0.1) is 0 Å². The minimum atomic E-state index is 0.637. The number of anilines is 1. The Bertz CT molecular complexity index is 767. The molecule has 23 heavy (non-hydrogen) atoms. The summed E-state index contributed by atoms with van der Waals surface area (Å²) in [7, 11) is 1.68. The van der Waals surface area contributed by atoms with Crippen molar-refractivity contribution in [3.05, 3.63) is 53.6 Å². The minimum absolute atomic E-state index is 0.637. The van der Waals surface area contributed by atoms with Crippen LogP contribution < -0.4 is 5.32 Å². The first kappa shape index (κ1) is 15.6. The van der Waals surface area contributed by atoms with Gasteiger partial charge >= 0.3 is 0 Å². The van der Waals surface area contributed by atoms with Crippen LogP contribution in [-0.4, -0.2) is 32.9 Å². The van der Waals surface area contributed by atoms with Crippen molar-refractivity contribution in [3.63, 3.8) is 0 Å². The van der Waals surface area contributed by atoms with Gasteiger partial charge in [0, 0.05) is 37.8 Å². The van der Waals surface area contributed by atoms with Gasteiger partial charge in [0.05, 0.1) is 18.0 Å². The highest BCUT2D eigenvalue weighted by Gasteiger charge is 2.07. The van der Waals surface area contributed by atoms with Crippen LogP contribution >= 0.6 is 11.5 Å². The molecule has 0 saturated carbocycles. The van der Waals surface area contributed by atoms with Gasteiger partial charge < -0.3 is 10.1 Å². The molecular formula is C16H19N5OS. The van der Waals surface area contributed by atoms with Gasteiger partial charge in [0.15, 0.2) is 0 Å². The fourth-order valence-electron chi connectivity index (χ4n) is 2.22. The second-order valence-corrected chi connectivity index (χ2v) is 5.89. The number of para-hydroxylation sites is 1. The maximum absolute atomic E-state index is 5.05. The Kier molecular flexibility index (Phi) is 4.99. The second kappa shape index (κ2) is 7.34. The van der Waals surface area contributed by atoms with Crippen molar-refractivity contribution in [1.29, 1.82) is 0 Å². The molecule has 0 radical (unpaired) electrons. The number of methoxy groups -OCH3 is 1. The van der Waals surface area contributed by atoms with Crippen LogP contribution in [0.25, 0.3) is 5.69 Å². The van der Waals surface area contributed by atoms with Crippen molar-refractivity contribution in [2.75, 3.05) is 19.0 Å². The third-order valence-corrected chi connectivity index (χ3v) is 4.10. The molecule has 0 unspecified atom stereocenters. The molecule has 1 N–H and O–H groups in total. The largest absolute Gasteiger partial charge is 0.384 e. The maximum atomic E-state index is 5.05.